The highest BCUT2D eigenvalue weighted by atomic mass is 19.4. The summed E-state index contributed by atoms with van der Waals surface area (Å²) in [5.41, 5.74) is 0.157. The first-order valence-electron chi connectivity index (χ1n) is 10.8. The SMILES string of the molecule is CCCCOc1ccc(C(=O)N2CCCC(c3nnc4ccc(C(F)(F)F)cn34)C2)cc1. The van der Waals surface area contributed by atoms with E-state index < -0.39 is 11.7 Å². The zero-order valence-electron chi connectivity index (χ0n) is 17.8. The average molecular weight is 446 g/mol. The van der Waals surface area contributed by atoms with Crippen LogP contribution in [0.3, 0.4) is 0 Å². The highest BCUT2D eigenvalue weighted by Crippen LogP contribution is 2.31. The van der Waals surface area contributed by atoms with Gasteiger partial charge in [-0.2, -0.15) is 13.2 Å². The van der Waals surface area contributed by atoms with Crippen LogP contribution >= 0.6 is 0 Å². The Morgan fingerprint density at radius 3 is 2.66 bits per heavy atom. The maximum absolute atomic E-state index is 13.2. The van der Waals surface area contributed by atoms with Crippen molar-refractivity contribution < 1.29 is 22.7 Å². The third kappa shape index (κ3) is 4.71. The summed E-state index contributed by atoms with van der Waals surface area (Å²) in [4.78, 5) is 14.8. The van der Waals surface area contributed by atoms with Crippen LogP contribution in [0.2, 0.25) is 0 Å². The Morgan fingerprint density at radius 2 is 1.94 bits per heavy atom. The monoisotopic (exact) mass is 446 g/mol. The van der Waals surface area contributed by atoms with Crippen molar-refractivity contribution in [2.24, 2.45) is 0 Å². The highest BCUT2D eigenvalue weighted by molar-refractivity contribution is 5.94. The molecule has 3 heterocycles. The number of nitrogens with zero attached hydrogens (tertiary/aromatic N) is 4. The molecular weight excluding hydrogens is 421 g/mol. The lowest BCUT2D eigenvalue weighted by Gasteiger charge is -2.32. The fraction of sp³-hybridized carbons (Fsp3) is 0.435. The van der Waals surface area contributed by atoms with Crippen LogP contribution in [0.25, 0.3) is 5.65 Å². The number of pyridine rings is 1. The predicted octanol–water partition coefficient (Wildman–Crippen LogP) is 4.95. The number of halogens is 3. The molecule has 1 atom stereocenters. The van der Waals surface area contributed by atoms with E-state index in [1.54, 1.807) is 29.2 Å². The van der Waals surface area contributed by atoms with E-state index in [1.807, 2.05) is 0 Å². The van der Waals surface area contributed by atoms with Crippen LogP contribution in [0.1, 0.15) is 60.3 Å². The summed E-state index contributed by atoms with van der Waals surface area (Å²) in [6.07, 6.45) is 0.0656. The quantitative estimate of drug-likeness (QED) is 0.503. The van der Waals surface area contributed by atoms with Gasteiger partial charge in [0.25, 0.3) is 5.91 Å². The molecule has 1 fully saturated rings. The summed E-state index contributed by atoms with van der Waals surface area (Å²) in [6, 6.07) is 9.38. The number of alkyl halides is 3. The van der Waals surface area contributed by atoms with Gasteiger partial charge in [-0.3, -0.25) is 9.20 Å². The van der Waals surface area contributed by atoms with Crippen LogP contribution in [0, 0.1) is 0 Å². The Hall–Kier alpha value is -3.10. The van der Waals surface area contributed by atoms with Crippen molar-refractivity contribution in [3.63, 3.8) is 0 Å². The van der Waals surface area contributed by atoms with Crippen LogP contribution in [-0.4, -0.2) is 45.1 Å². The van der Waals surface area contributed by atoms with Gasteiger partial charge in [-0.05, 0) is 55.7 Å². The second kappa shape index (κ2) is 9.18. The molecule has 1 saturated heterocycles. The number of carbonyl (C=O) groups is 1. The molecule has 0 aliphatic carbocycles. The van der Waals surface area contributed by atoms with Crippen molar-refractivity contribution in [1.82, 2.24) is 19.5 Å². The van der Waals surface area contributed by atoms with Crippen LogP contribution in [-0.2, 0) is 6.18 Å². The number of hydrogen-bond donors (Lipinski definition) is 0. The standard InChI is InChI=1S/C23H25F3N4O2/c1-2-3-13-32-19-9-6-16(7-10-19)22(31)29-12-4-5-17(14-29)21-28-27-20-11-8-18(15-30(20)21)23(24,25)26/h6-11,15,17H,2-5,12-14H2,1H3. The van der Waals surface area contributed by atoms with Gasteiger partial charge in [-0.15, -0.1) is 10.2 Å². The normalized spacial score (nSPS) is 17.0. The van der Waals surface area contributed by atoms with Crippen molar-refractivity contribution in [2.45, 2.75) is 44.7 Å². The summed E-state index contributed by atoms with van der Waals surface area (Å²) in [5, 5.41) is 8.16. The molecule has 0 N–H and O–H groups in total. The number of carbonyl (C=O) groups excluding carboxylic acids is 1. The molecule has 6 nitrogen and oxygen atoms in total. The molecule has 9 heteroatoms. The fourth-order valence-electron chi connectivity index (χ4n) is 3.94. The van der Waals surface area contributed by atoms with Crippen LogP contribution in [0.4, 0.5) is 13.2 Å². The first kappa shape index (κ1) is 22.1. The summed E-state index contributed by atoms with van der Waals surface area (Å²) in [6.45, 7) is 3.70. The molecule has 0 saturated carbocycles. The van der Waals surface area contributed by atoms with Crippen LogP contribution in [0.15, 0.2) is 42.6 Å². The largest absolute Gasteiger partial charge is 0.494 e. The lowest BCUT2D eigenvalue weighted by atomic mass is 9.96. The third-order valence-electron chi connectivity index (χ3n) is 5.70. The van der Waals surface area contributed by atoms with Crippen molar-refractivity contribution in [2.75, 3.05) is 19.7 Å². The number of unbranched alkanes of at least 4 members (excludes halogenated alkanes) is 1. The maximum atomic E-state index is 13.2. The topological polar surface area (TPSA) is 59.7 Å². The summed E-state index contributed by atoms with van der Waals surface area (Å²) in [5.74, 6) is 0.868. The second-order valence-electron chi connectivity index (χ2n) is 8.02. The van der Waals surface area contributed by atoms with Crippen molar-refractivity contribution in [3.8, 4) is 5.75 Å². The molecule has 0 radical (unpaired) electrons. The number of fused-ring (bicyclic) bond motifs is 1. The molecule has 0 bridgehead atoms. The molecular formula is C23H25F3N4O2. The highest BCUT2D eigenvalue weighted by Gasteiger charge is 2.33. The van der Waals surface area contributed by atoms with Gasteiger partial charge in [-0.1, -0.05) is 13.3 Å². The predicted molar refractivity (Wildman–Crippen MR) is 113 cm³/mol. The third-order valence-corrected chi connectivity index (χ3v) is 5.70. The summed E-state index contributed by atoms with van der Waals surface area (Å²) < 4.78 is 46.5. The number of likely N-dealkylation sites (tertiary alicyclic amines) is 1. The molecule has 1 amide bonds. The van der Waals surface area contributed by atoms with E-state index >= 15 is 0 Å². The molecule has 32 heavy (non-hydrogen) atoms. The Bertz CT molecular complexity index is 1080. The number of piperidine rings is 1. The lowest BCUT2D eigenvalue weighted by Crippen LogP contribution is -2.39. The first-order chi connectivity index (χ1) is 15.4. The molecule has 2 aromatic heterocycles. The molecule has 1 unspecified atom stereocenters. The summed E-state index contributed by atoms with van der Waals surface area (Å²) >= 11 is 0. The van der Waals surface area contributed by atoms with Crippen LogP contribution < -0.4 is 4.74 Å². The molecule has 1 aliphatic rings. The van der Waals surface area contributed by atoms with E-state index in [4.69, 9.17) is 4.74 Å². The van der Waals surface area contributed by atoms with Crippen molar-refractivity contribution in [3.05, 3.63) is 59.5 Å². The van der Waals surface area contributed by atoms with Crippen molar-refractivity contribution in [1.29, 1.82) is 0 Å². The van der Waals surface area contributed by atoms with Crippen molar-refractivity contribution >= 4 is 11.6 Å². The fourth-order valence-corrected chi connectivity index (χ4v) is 3.94. The Kier molecular flexibility index (Phi) is 6.34. The number of benzene rings is 1. The minimum absolute atomic E-state index is 0.111. The van der Waals surface area contributed by atoms with E-state index in [-0.39, 0.29) is 11.8 Å². The van der Waals surface area contributed by atoms with E-state index in [1.165, 1.54) is 10.5 Å². The van der Waals surface area contributed by atoms with Gasteiger partial charge in [0.1, 0.15) is 11.6 Å². The number of rotatable bonds is 6. The molecule has 1 aliphatic heterocycles. The minimum atomic E-state index is -4.45. The molecule has 1 aromatic carbocycles. The second-order valence-corrected chi connectivity index (χ2v) is 8.02. The molecule has 3 aromatic rings. The Morgan fingerprint density at radius 1 is 1.16 bits per heavy atom. The maximum Gasteiger partial charge on any atom is 0.417 e. The number of amides is 1. The van der Waals surface area contributed by atoms with Gasteiger partial charge in [0.15, 0.2) is 5.65 Å². The van der Waals surface area contributed by atoms with Gasteiger partial charge in [0, 0.05) is 30.8 Å². The van der Waals surface area contributed by atoms with E-state index in [0.717, 1.165) is 43.7 Å². The van der Waals surface area contributed by atoms with Gasteiger partial charge in [-0.25, -0.2) is 0 Å². The lowest BCUT2D eigenvalue weighted by molar-refractivity contribution is -0.137. The smallest absolute Gasteiger partial charge is 0.417 e. The first-order valence-corrected chi connectivity index (χ1v) is 10.8. The van der Waals surface area contributed by atoms with Gasteiger partial charge < -0.3 is 9.64 Å². The Balaban J connectivity index is 1.49. The number of hydrogen-bond acceptors (Lipinski definition) is 4. The van der Waals surface area contributed by atoms with Gasteiger partial charge in [0.2, 0.25) is 0 Å². The van der Waals surface area contributed by atoms with Gasteiger partial charge in [0.05, 0.1) is 12.2 Å². The minimum Gasteiger partial charge on any atom is -0.494 e. The molecule has 4 rings (SSSR count). The zero-order valence-corrected chi connectivity index (χ0v) is 17.8. The van der Waals surface area contributed by atoms with E-state index in [0.29, 0.717) is 36.7 Å². The Labute approximate surface area is 184 Å². The van der Waals surface area contributed by atoms with E-state index in [9.17, 15) is 18.0 Å². The van der Waals surface area contributed by atoms with Gasteiger partial charge >= 0.3 is 6.18 Å². The van der Waals surface area contributed by atoms with E-state index in [2.05, 4.69) is 17.1 Å². The average Bonchev–Trinajstić information content (AvgIpc) is 3.22. The number of ether oxygens (including phenoxy) is 1. The molecule has 0 spiro atoms. The number of aromatic nitrogens is 3. The summed E-state index contributed by atoms with van der Waals surface area (Å²) in [7, 11) is 0. The van der Waals surface area contributed by atoms with Crippen LogP contribution in [0.5, 0.6) is 5.75 Å². The molecule has 170 valence electrons. The zero-order chi connectivity index (χ0) is 22.7.